The van der Waals surface area contributed by atoms with E-state index in [9.17, 15) is 4.79 Å². The van der Waals surface area contributed by atoms with Crippen LogP contribution in [0.4, 0.5) is 5.95 Å². The van der Waals surface area contributed by atoms with Gasteiger partial charge in [0.1, 0.15) is 0 Å². The molecule has 138 valence electrons. The van der Waals surface area contributed by atoms with Crippen LogP contribution in [-0.4, -0.2) is 33.3 Å². The largest absolute Gasteiger partial charge is 0.375 e. The molecule has 2 atom stereocenters. The van der Waals surface area contributed by atoms with Crippen LogP contribution in [-0.2, 0) is 11.3 Å². The summed E-state index contributed by atoms with van der Waals surface area (Å²) in [6, 6.07) is 17.0. The Balaban J connectivity index is 1.47. The topological polar surface area (TPSA) is 69.0 Å². The van der Waals surface area contributed by atoms with Gasteiger partial charge in [-0.15, -0.1) is 5.10 Å². The fourth-order valence-corrected chi connectivity index (χ4v) is 3.21. The van der Waals surface area contributed by atoms with Crippen LogP contribution in [0.15, 0.2) is 54.6 Å². The molecule has 1 aliphatic heterocycles. The van der Waals surface area contributed by atoms with Crippen molar-refractivity contribution in [2.24, 2.45) is 5.92 Å². The number of halogens is 1. The molecule has 1 N–H and O–H groups in total. The molecular weight excluding hydrogens is 364 g/mol. The number of benzene rings is 2. The summed E-state index contributed by atoms with van der Waals surface area (Å²) in [5.74, 6) is 0.596. The lowest BCUT2D eigenvalue weighted by Gasteiger charge is -2.28. The summed E-state index contributed by atoms with van der Waals surface area (Å²) in [6.07, 6.45) is 0. The summed E-state index contributed by atoms with van der Waals surface area (Å²) in [6.45, 7) is 2.62. The first-order valence-corrected chi connectivity index (χ1v) is 9.15. The number of nitrogens with zero attached hydrogens (tertiary/aromatic N) is 3. The second-order valence-electron chi connectivity index (χ2n) is 6.52. The van der Waals surface area contributed by atoms with Gasteiger partial charge in [-0.05, 0) is 11.6 Å². The van der Waals surface area contributed by atoms with Crippen molar-refractivity contribution >= 4 is 23.5 Å². The molecule has 3 aromatic rings. The average Bonchev–Trinajstić information content (AvgIpc) is 3.12. The molecule has 2 heterocycles. The number of anilines is 1. The van der Waals surface area contributed by atoms with Crippen molar-refractivity contribution in [1.29, 1.82) is 0 Å². The van der Waals surface area contributed by atoms with Crippen LogP contribution in [0.2, 0.25) is 5.02 Å². The molecule has 0 aliphatic carbocycles. The minimum absolute atomic E-state index is 0.0928. The average molecular weight is 383 g/mol. The third-order valence-corrected chi connectivity index (χ3v) is 5.04. The van der Waals surface area contributed by atoms with Gasteiger partial charge in [0, 0.05) is 10.6 Å². The van der Waals surface area contributed by atoms with Crippen LogP contribution in [0.25, 0.3) is 11.4 Å². The first-order chi connectivity index (χ1) is 13.1. The molecule has 0 amide bonds. The first-order valence-electron chi connectivity index (χ1n) is 8.78. The number of rotatable bonds is 5. The number of nitrogens with one attached hydrogen (secondary N) is 1. The van der Waals surface area contributed by atoms with E-state index in [4.69, 9.17) is 16.3 Å². The zero-order valence-corrected chi connectivity index (χ0v) is 15.6. The maximum absolute atomic E-state index is 12.7. The summed E-state index contributed by atoms with van der Waals surface area (Å²) in [5.41, 5.74) is 1.79. The zero-order valence-electron chi connectivity index (χ0n) is 14.8. The minimum Gasteiger partial charge on any atom is -0.375 e. The van der Waals surface area contributed by atoms with Gasteiger partial charge in [0.2, 0.25) is 5.95 Å². The van der Waals surface area contributed by atoms with Crippen molar-refractivity contribution in [3.63, 3.8) is 0 Å². The summed E-state index contributed by atoms with van der Waals surface area (Å²) in [4.78, 5) is 17.2. The lowest BCUT2D eigenvalue weighted by molar-refractivity contribution is 0.0678. The molecule has 1 aromatic heterocycles. The van der Waals surface area contributed by atoms with Crippen molar-refractivity contribution in [2.75, 3.05) is 11.9 Å². The first kappa shape index (κ1) is 17.7. The van der Waals surface area contributed by atoms with Gasteiger partial charge < -0.3 is 10.1 Å². The van der Waals surface area contributed by atoms with Gasteiger partial charge in [0.05, 0.1) is 25.2 Å². The van der Waals surface area contributed by atoms with Crippen LogP contribution >= 0.6 is 11.6 Å². The van der Waals surface area contributed by atoms with Crippen molar-refractivity contribution < 1.29 is 9.53 Å². The van der Waals surface area contributed by atoms with Gasteiger partial charge in [-0.25, -0.2) is 0 Å². The van der Waals surface area contributed by atoms with E-state index in [1.54, 1.807) is 0 Å². The van der Waals surface area contributed by atoms with Gasteiger partial charge in [-0.2, -0.15) is 9.67 Å². The molecule has 27 heavy (non-hydrogen) atoms. The standard InChI is InChI=1S/C20H19ClN4O2/c1-13-17(12-27-11-15-9-5-6-10-16(15)21)22-20-23-18(24-25(20)19(13)26)14-7-3-2-4-8-14/h2-10,13,17H,11-12H2,1H3,(H,22,23,24). The van der Waals surface area contributed by atoms with Crippen LogP contribution in [0.3, 0.4) is 0 Å². The van der Waals surface area contributed by atoms with E-state index in [2.05, 4.69) is 15.4 Å². The van der Waals surface area contributed by atoms with Crippen molar-refractivity contribution in [1.82, 2.24) is 14.8 Å². The highest BCUT2D eigenvalue weighted by molar-refractivity contribution is 6.31. The number of carbonyl (C=O) groups is 1. The van der Waals surface area contributed by atoms with Gasteiger partial charge in [0.25, 0.3) is 5.91 Å². The number of aromatic nitrogens is 3. The molecule has 0 bridgehead atoms. The molecule has 0 radical (unpaired) electrons. The maximum atomic E-state index is 12.7. The van der Waals surface area contributed by atoms with E-state index in [1.165, 1.54) is 4.68 Å². The van der Waals surface area contributed by atoms with Crippen LogP contribution in [0.1, 0.15) is 17.3 Å². The Morgan fingerprint density at radius 1 is 1.15 bits per heavy atom. The molecule has 2 aromatic carbocycles. The van der Waals surface area contributed by atoms with E-state index in [0.29, 0.717) is 30.0 Å². The lowest BCUT2D eigenvalue weighted by atomic mass is 10.0. The third kappa shape index (κ3) is 3.59. The zero-order chi connectivity index (χ0) is 18.8. The number of fused-ring (bicyclic) bond motifs is 1. The summed E-state index contributed by atoms with van der Waals surface area (Å²) >= 11 is 6.15. The van der Waals surface area contributed by atoms with E-state index in [1.807, 2.05) is 61.5 Å². The Morgan fingerprint density at radius 2 is 1.89 bits per heavy atom. The van der Waals surface area contributed by atoms with Gasteiger partial charge in [0.15, 0.2) is 5.82 Å². The quantitative estimate of drug-likeness (QED) is 0.725. The predicted octanol–water partition coefficient (Wildman–Crippen LogP) is 3.89. The molecule has 7 heteroatoms. The SMILES string of the molecule is CC1C(=O)n2nc(-c3ccccc3)nc2NC1COCc1ccccc1Cl. The van der Waals surface area contributed by atoms with Gasteiger partial charge in [-0.1, -0.05) is 67.1 Å². The summed E-state index contributed by atoms with van der Waals surface area (Å²) in [5, 5.41) is 8.31. The molecule has 4 rings (SSSR count). The van der Waals surface area contributed by atoms with E-state index in [-0.39, 0.29) is 17.9 Å². The molecular formula is C20H19ClN4O2. The predicted molar refractivity (Wildman–Crippen MR) is 104 cm³/mol. The number of ether oxygens (including phenoxy) is 1. The van der Waals surface area contributed by atoms with Crippen molar-refractivity contribution in [3.05, 3.63) is 65.2 Å². The minimum atomic E-state index is -0.283. The Bertz CT molecular complexity index is 958. The Kier molecular flexibility index (Phi) is 4.92. The maximum Gasteiger partial charge on any atom is 0.255 e. The van der Waals surface area contributed by atoms with Crippen LogP contribution in [0, 0.1) is 5.92 Å². The second kappa shape index (κ2) is 7.50. The fraction of sp³-hybridized carbons (Fsp3) is 0.250. The molecule has 0 fully saturated rings. The van der Waals surface area contributed by atoms with Gasteiger partial charge in [-0.3, -0.25) is 4.79 Å². The highest BCUT2D eigenvalue weighted by Gasteiger charge is 2.34. The Morgan fingerprint density at radius 3 is 2.67 bits per heavy atom. The van der Waals surface area contributed by atoms with E-state index in [0.717, 1.165) is 11.1 Å². The lowest BCUT2D eigenvalue weighted by Crippen LogP contribution is -2.44. The Hall–Kier alpha value is -2.70. The highest BCUT2D eigenvalue weighted by Crippen LogP contribution is 2.25. The Labute approximate surface area is 162 Å². The van der Waals surface area contributed by atoms with E-state index < -0.39 is 0 Å². The van der Waals surface area contributed by atoms with Crippen LogP contribution < -0.4 is 5.32 Å². The number of hydrogen-bond acceptors (Lipinski definition) is 5. The molecule has 2 unspecified atom stereocenters. The van der Waals surface area contributed by atoms with E-state index >= 15 is 0 Å². The molecule has 0 spiro atoms. The molecule has 0 saturated carbocycles. The van der Waals surface area contributed by atoms with Crippen molar-refractivity contribution in [2.45, 2.75) is 19.6 Å². The number of carbonyl (C=O) groups excluding carboxylic acids is 1. The van der Waals surface area contributed by atoms with Crippen molar-refractivity contribution in [3.8, 4) is 11.4 Å². The van der Waals surface area contributed by atoms with Crippen LogP contribution in [0.5, 0.6) is 0 Å². The normalized spacial score (nSPS) is 18.8. The third-order valence-electron chi connectivity index (χ3n) is 4.67. The molecule has 1 aliphatic rings. The molecule has 0 saturated heterocycles. The fourth-order valence-electron chi connectivity index (χ4n) is 3.02. The molecule has 6 nitrogen and oxygen atoms in total. The smallest absolute Gasteiger partial charge is 0.255 e. The number of hydrogen-bond donors (Lipinski definition) is 1. The van der Waals surface area contributed by atoms with Gasteiger partial charge >= 0.3 is 0 Å². The highest BCUT2D eigenvalue weighted by atomic mass is 35.5. The monoisotopic (exact) mass is 382 g/mol. The summed E-state index contributed by atoms with van der Waals surface area (Å²) < 4.78 is 7.15. The second-order valence-corrected chi connectivity index (χ2v) is 6.93. The summed E-state index contributed by atoms with van der Waals surface area (Å²) in [7, 11) is 0.